The van der Waals surface area contributed by atoms with Gasteiger partial charge in [0, 0.05) is 42.0 Å². The highest BCUT2D eigenvalue weighted by Gasteiger charge is 2.20. The summed E-state index contributed by atoms with van der Waals surface area (Å²) in [6.07, 6.45) is 8.52. The number of nitrogens with zero attached hydrogens (tertiary/aromatic N) is 5. The third kappa shape index (κ3) is 4.33. The first kappa shape index (κ1) is 24.0. The van der Waals surface area contributed by atoms with Crippen molar-refractivity contribution in [3.8, 4) is 22.6 Å². The van der Waals surface area contributed by atoms with Gasteiger partial charge in [0.25, 0.3) is 5.91 Å². The Hall–Kier alpha value is -5.12. The van der Waals surface area contributed by atoms with Crippen molar-refractivity contribution in [1.82, 2.24) is 30.1 Å². The van der Waals surface area contributed by atoms with Gasteiger partial charge in [-0.2, -0.15) is 5.10 Å². The van der Waals surface area contributed by atoms with E-state index in [0.29, 0.717) is 44.9 Å². The molecule has 6 aromatic rings. The van der Waals surface area contributed by atoms with Crippen molar-refractivity contribution in [3.05, 3.63) is 84.6 Å². The lowest BCUT2D eigenvalue weighted by atomic mass is 10.0. The van der Waals surface area contributed by atoms with E-state index >= 15 is 4.39 Å². The zero-order valence-corrected chi connectivity index (χ0v) is 21.5. The number of carbonyl (C=O) groups excluding carboxylic acids is 1. The zero-order valence-electron chi connectivity index (χ0n) is 21.5. The fourth-order valence-electron chi connectivity index (χ4n) is 5.30. The van der Waals surface area contributed by atoms with E-state index in [1.54, 1.807) is 48.9 Å². The molecule has 0 saturated carbocycles. The summed E-state index contributed by atoms with van der Waals surface area (Å²) >= 11 is 0. The van der Waals surface area contributed by atoms with Gasteiger partial charge in [0.15, 0.2) is 17.3 Å². The number of fused-ring (bicyclic) bond motifs is 2. The smallest absolute Gasteiger partial charge is 0.255 e. The molecule has 0 bridgehead atoms. The number of hydrogen-bond donors (Lipinski definition) is 3. The maximum absolute atomic E-state index is 15.3. The number of piperidine rings is 1. The molecule has 0 radical (unpaired) electrons. The van der Waals surface area contributed by atoms with Crippen LogP contribution < -0.4 is 10.2 Å². The molecular weight excluding hydrogens is 507 g/mol. The number of amides is 1. The number of hydrogen-bond acceptors (Lipinski definition) is 6. The van der Waals surface area contributed by atoms with Crippen LogP contribution in [0.4, 0.5) is 15.8 Å². The zero-order chi connectivity index (χ0) is 27.1. The van der Waals surface area contributed by atoms with E-state index in [-0.39, 0.29) is 11.4 Å². The summed E-state index contributed by atoms with van der Waals surface area (Å²) in [6.45, 7) is 1.99. The Labute approximate surface area is 228 Å². The Morgan fingerprint density at radius 3 is 2.67 bits per heavy atom. The largest absolute Gasteiger partial charge is 0.370 e. The van der Waals surface area contributed by atoms with E-state index in [4.69, 9.17) is 4.98 Å². The van der Waals surface area contributed by atoms with E-state index in [0.717, 1.165) is 37.1 Å². The molecule has 1 amide bonds. The van der Waals surface area contributed by atoms with E-state index in [9.17, 15) is 4.79 Å². The van der Waals surface area contributed by atoms with Crippen LogP contribution in [0.25, 0.3) is 44.7 Å². The second-order valence-electron chi connectivity index (χ2n) is 9.90. The predicted molar refractivity (Wildman–Crippen MR) is 153 cm³/mol. The second-order valence-corrected chi connectivity index (χ2v) is 9.90. The topological polar surface area (TPSA) is 115 Å². The molecule has 3 N–H and O–H groups in total. The number of imidazole rings is 1. The van der Waals surface area contributed by atoms with Crippen molar-refractivity contribution in [1.29, 1.82) is 0 Å². The van der Waals surface area contributed by atoms with Crippen LogP contribution in [0.1, 0.15) is 29.6 Å². The molecule has 5 heterocycles. The molecule has 0 unspecified atom stereocenters. The number of aromatic amines is 2. The Morgan fingerprint density at radius 2 is 1.82 bits per heavy atom. The molecule has 1 aliphatic heterocycles. The van der Waals surface area contributed by atoms with Crippen LogP contribution in [0.15, 0.2) is 73.2 Å². The normalized spacial score (nSPS) is 13.7. The van der Waals surface area contributed by atoms with Crippen LogP contribution in [-0.4, -0.2) is 49.1 Å². The number of carbonyl (C=O) groups is 1. The highest BCUT2D eigenvalue weighted by Crippen LogP contribution is 2.34. The van der Waals surface area contributed by atoms with Crippen molar-refractivity contribution >= 4 is 39.3 Å². The highest BCUT2D eigenvalue weighted by atomic mass is 19.1. The minimum absolute atomic E-state index is 0.213. The molecule has 1 aliphatic rings. The lowest BCUT2D eigenvalue weighted by molar-refractivity contribution is 0.102. The van der Waals surface area contributed by atoms with E-state index in [1.165, 1.54) is 12.5 Å². The van der Waals surface area contributed by atoms with Gasteiger partial charge in [-0.3, -0.25) is 14.9 Å². The van der Waals surface area contributed by atoms with E-state index in [2.05, 4.69) is 35.4 Å². The van der Waals surface area contributed by atoms with Crippen LogP contribution in [0, 0.1) is 5.82 Å². The van der Waals surface area contributed by atoms with Gasteiger partial charge < -0.3 is 15.2 Å². The molecule has 4 aromatic heterocycles. The lowest BCUT2D eigenvalue weighted by Crippen LogP contribution is -2.29. The summed E-state index contributed by atoms with van der Waals surface area (Å²) in [7, 11) is 0. The molecule has 1 fully saturated rings. The van der Waals surface area contributed by atoms with Gasteiger partial charge >= 0.3 is 0 Å². The van der Waals surface area contributed by atoms with Crippen molar-refractivity contribution < 1.29 is 9.18 Å². The summed E-state index contributed by atoms with van der Waals surface area (Å²) in [5, 5.41) is 10.6. The third-order valence-corrected chi connectivity index (χ3v) is 7.28. The van der Waals surface area contributed by atoms with Gasteiger partial charge in [-0.25, -0.2) is 14.4 Å². The molecule has 0 atom stereocenters. The molecule has 9 nitrogen and oxygen atoms in total. The molecule has 198 valence electrons. The van der Waals surface area contributed by atoms with Gasteiger partial charge in [-0.1, -0.05) is 18.2 Å². The first-order valence-electron chi connectivity index (χ1n) is 13.2. The summed E-state index contributed by atoms with van der Waals surface area (Å²) in [5.41, 5.74) is 5.59. The average Bonchev–Trinajstić information content (AvgIpc) is 3.63. The van der Waals surface area contributed by atoms with Crippen LogP contribution in [0.3, 0.4) is 0 Å². The molecule has 7 rings (SSSR count). The van der Waals surface area contributed by atoms with Crippen LogP contribution in [-0.2, 0) is 0 Å². The number of halogens is 1. The SMILES string of the molecule is O=C(Nc1cncc(-c2cc(F)c3n[nH]c(-c4nc5nccc(N6CCCCC6)c5[nH]4)c3c2)c1)c1ccccc1. The van der Waals surface area contributed by atoms with Crippen molar-refractivity contribution in [2.24, 2.45) is 0 Å². The van der Waals surface area contributed by atoms with Crippen molar-refractivity contribution in [2.45, 2.75) is 19.3 Å². The Balaban J connectivity index is 1.25. The molecule has 1 saturated heterocycles. The highest BCUT2D eigenvalue weighted by molar-refractivity contribution is 6.04. The maximum atomic E-state index is 15.3. The molecular formula is C30H25FN8O. The Morgan fingerprint density at radius 1 is 0.975 bits per heavy atom. The minimum atomic E-state index is -0.475. The standard InChI is InChI=1S/C30H25FN8O/c31-23-15-19(20-13-21(17-32-16-20)34-30(40)18-7-3-1-4-8-18)14-22-25(23)37-38-26(22)29-35-27-24(9-10-33-28(27)36-29)39-11-5-2-6-12-39/h1,3-4,7-10,13-17H,2,5-6,11-12H2,(H,34,40)(H,37,38)(H,33,35,36). The molecule has 10 heteroatoms. The molecule has 2 aromatic carbocycles. The van der Waals surface area contributed by atoms with Gasteiger partial charge in [-0.05, 0) is 61.2 Å². The summed E-state index contributed by atoms with van der Waals surface area (Å²) in [6, 6.07) is 16.0. The number of nitrogens with one attached hydrogen (secondary N) is 3. The number of benzene rings is 2. The quantitative estimate of drug-likeness (QED) is 0.253. The van der Waals surface area contributed by atoms with Crippen molar-refractivity contribution in [2.75, 3.05) is 23.3 Å². The summed E-state index contributed by atoms with van der Waals surface area (Å²) in [5.74, 6) is -0.189. The maximum Gasteiger partial charge on any atom is 0.255 e. The van der Waals surface area contributed by atoms with E-state index < -0.39 is 5.82 Å². The summed E-state index contributed by atoms with van der Waals surface area (Å²) in [4.78, 5) is 31.9. The van der Waals surface area contributed by atoms with Gasteiger partial charge in [0.1, 0.15) is 16.7 Å². The van der Waals surface area contributed by atoms with Gasteiger partial charge in [-0.15, -0.1) is 0 Å². The molecule has 40 heavy (non-hydrogen) atoms. The fraction of sp³-hybridized carbons (Fsp3) is 0.167. The third-order valence-electron chi connectivity index (χ3n) is 7.28. The van der Waals surface area contributed by atoms with Gasteiger partial charge in [0.2, 0.25) is 0 Å². The predicted octanol–water partition coefficient (Wildman–Crippen LogP) is 5.94. The lowest BCUT2D eigenvalue weighted by Gasteiger charge is -2.28. The van der Waals surface area contributed by atoms with Crippen LogP contribution >= 0.6 is 0 Å². The Bertz CT molecular complexity index is 1860. The number of anilines is 2. The first-order valence-corrected chi connectivity index (χ1v) is 13.2. The van der Waals surface area contributed by atoms with Crippen LogP contribution in [0.5, 0.6) is 0 Å². The average molecular weight is 533 g/mol. The Kier molecular flexibility index (Phi) is 5.92. The minimum Gasteiger partial charge on any atom is -0.370 e. The number of rotatable bonds is 5. The molecule has 0 aliphatic carbocycles. The summed E-state index contributed by atoms with van der Waals surface area (Å²) < 4.78 is 15.3. The van der Waals surface area contributed by atoms with E-state index in [1.807, 2.05) is 18.2 Å². The van der Waals surface area contributed by atoms with Crippen molar-refractivity contribution in [3.63, 3.8) is 0 Å². The number of aromatic nitrogens is 6. The van der Waals surface area contributed by atoms with Gasteiger partial charge in [0.05, 0.1) is 17.6 Å². The monoisotopic (exact) mass is 532 g/mol. The fourth-order valence-corrected chi connectivity index (χ4v) is 5.30. The van der Waals surface area contributed by atoms with Crippen LogP contribution in [0.2, 0.25) is 0 Å². The number of pyridine rings is 2. The number of H-pyrrole nitrogens is 2. The molecule has 0 spiro atoms. The second kappa shape index (κ2) is 9.88. The first-order chi connectivity index (χ1) is 19.6.